The number of esters is 1. The number of fused-ring (bicyclic) bond motifs is 1. The summed E-state index contributed by atoms with van der Waals surface area (Å²) in [6, 6.07) is 4.62. The Morgan fingerprint density at radius 1 is 1.47 bits per heavy atom. The monoisotopic (exact) mass is 265 g/mol. The van der Waals surface area contributed by atoms with Crippen LogP contribution in [0.4, 0.5) is 0 Å². The molecule has 0 saturated carbocycles. The highest BCUT2D eigenvalue weighted by Gasteiger charge is 2.30. The van der Waals surface area contributed by atoms with Crippen LogP contribution in [0.2, 0.25) is 0 Å². The van der Waals surface area contributed by atoms with Gasteiger partial charge in [0, 0.05) is 11.0 Å². The van der Waals surface area contributed by atoms with Crippen LogP contribution >= 0.6 is 0 Å². The molecule has 1 aromatic heterocycles. The molecule has 0 atom stereocenters. The first-order valence-corrected chi connectivity index (χ1v) is 5.64. The van der Waals surface area contributed by atoms with Gasteiger partial charge in [-0.3, -0.25) is 0 Å². The summed E-state index contributed by atoms with van der Waals surface area (Å²) >= 11 is 0. The minimum absolute atomic E-state index is 0.0404. The van der Waals surface area contributed by atoms with Crippen LogP contribution in [0, 0.1) is 11.8 Å². The zero-order chi connectivity index (χ0) is 14.2. The SMILES string of the molecule is CCOC(=O)c1c(O)[n+](=O)c2ccc(C)cc2n1O. The van der Waals surface area contributed by atoms with E-state index in [0.29, 0.717) is 4.73 Å². The standard InChI is InChI=1S/C12H12N2O5/c1-3-19-12(16)10-11(15)14(18)8-5-4-7(2)6-9(8)13(10)17/h4-6,17H,3H2,1-2H3/p+1. The van der Waals surface area contributed by atoms with Gasteiger partial charge in [-0.2, -0.15) is 4.73 Å². The lowest BCUT2D eigenvalue weighted by Crippen LogP contribution is -2.25. The number of benzene rings is 1. The lowest BCUT2D eigenvalue weighted by atomic mass is 10.2. The number of nitrogens with zero attached hydrogens (tertiary/aromatic N) is 2. The molecule has 1 heterocycles. The highest BCUT2D eigenvalue weighted by atomic mass is 16.5. The van der Waals surface area contributed by atoms with Crippen molar-refractivity contribution in [2.24, 2.45) is 0 Å². The maximum absolute atomic E-state index is 11.9. The molecule has 7 heteroatoms. The number of carbonyl (C=O) groups excluding carboxylic acids is 1. The van der Waals surface area contributed by atoms with Gasteiger partial charge in [0.1, 0.15) is 4.43 Å². The van der Waals surface area contributed by atoms with Crippen molar-refractivity contribution in [3.8, 4) is 5.88 Å². The van der Waals surface area contributed by atoms with Crippen molar-refractivity contribution in [1.29, 1.82) is 0 Å². The van der Waals surface area contributed by atoms with E-state index in [9.17, 15) is 20.0 Å². The molecule has 0 radical (unpaired) electrons. The minimum atomic E-state index is -0.976. The zero-order valence-corrected chi connectivity index (χ0v) is 10.5. The molecule has 0 aliphatic rings. The summed E-state index contributed by atoms with van der Waals surface area (Å²) in [5.74, 6) is -1.88. The van der Waals surface area contributed by atoms with E-state index in [1.807, 2.05) is 0 Å². The molecule has 0 bridgehead atoms. The van der Waals surface area contributed by atoms with Crippen molar-refractivity contribution in [3.63, 3.8) is 0 Å². The number of rotatable bonds is 2. The average molecular weight is 265 g/mol. The molecule has 19 heavy (non-hydrogen) atoms. The first-order valence-electron chi connectivity index (χ1n) is 5.64. The highest BCUT2D eigenvalue weighted by Crippen LogP contribution is 2.19. The van der Waals surface area contributed by atoms with Gasteiger partial charge in [0.15, 0.2) is 5.52 Å². The summed E-state index contributed by atoms with van der Waals surface area (Å²) in [7, 11) is 0. The van der Waals surface area contributed by atoms with Crippen LogP contribution in [-0.4, -0.2) is 27.6 Å². The van der Waals surface area contributed by atoms with Crippen molar-refractivity contribution in [2.75, 3.05) is 6.61 Å². The van der Waals surface area contributed by atoms with Crippen LogP contribution in [0.3, 0.4) is 0 Å². The molecule has 2 N–H and O–H groups in total. The molecule has 1 aromatic carbocycles. The van der Waals surface area contributed by atoms with E-state index < -0.39 is 17.5 Å². The number of carbonyl (C=O) groups is 1. The summed E-state index contributed by atoms with van der Waals surface area (Å²) in [4.78, 5) is 23.5. The van der Waals surface area contributed by atoms with Crippen LogP contribution in [0.1, 0.15) is 23.0 Å². The first kappa shape index (κ1) is 12.9. The number of aromatic hydroxyl groups is 1. The van der Waals surface area contributed by atoms with Crippen LogP contribution < -0.4 is 4.43 Å². The van der Waals surface area contributed by atoms with E-state index in [2.05, 4.69) is 0 Å². The summed E-state index contributed by atoms with van der Waals surface area (Å²) in [5, 5.41) is 19.7. The third kappa shape index (κ3) is 1.99. The van der Waals surface area contributed by atoms with Gasteiger partial charge in [-0.05, 0) is 25.5 Å². The maximum Gasteiger partial charge on any atom is 0.456 e. The second-order valence-electron chi connectivity index (χ2n) is 3.99. The Labute approximate surface area is 107 Å². The molecule has 0 fully saturated rings. The number of hydrogen-bond donors (Lipinski definition) is 2. The van der Waals surface area contributed by atoms with E-state index in [1.54, 1.807) is 19.9 Å². The first-order chi connectivity index (χ1) is 8.97. The minimum Gasteiger partial charge on any atom is -0.461 e. The Hall–Kier alpha value is -2.57. The van der Waals surface area contributed by atoms with Crippen molar-refractivity contribution in [3.05, 3.63) is 34.4 Å². The molecule has 0 aliphatic heterocycles. The summed E-state index contributed by atoms with van der Waals surface area (Å²) < 4.78 is 5.33. The fourth-order valence-corrected chi connectivity index (χ4v) is 1.78. The molecule has 0 spiro atoms. The Kier molecular flexibility index (Phi) is 3.12. The van der Waals surface area contributed by atoms with Gasteiger partial charge in [0.2, 0.25) is 0 Å². The normalized spacial score (nSPS) is 10.6. The van der Waals surface area contributed by atoms with Crippen LogP contribution in [0.25, 0.3) is 11.0 Å². The second kappa shape index (κ2) is 4.60. The fourth-order valence-electron chi connectivity index (χ4n) is 1.78. The molecule has 0 aliphatic carbocycles. The lowest BCUT2D eigenvalue weighted by Gasteiger charge is -2.06. The Bertz CT molecular complexity index is 720. The zero-order valence-electron chi connectivity index (χ0n) is 10.5. The fraction of sp³-hybridized carbons (Fsp3) is 0.250. The number of aryl methyl sites for hydroxylation is 1. The van der Waals surface area contributed by atoms with Crippen LogP contribution in [-0.2, 0) is 4.74 Å². The molecule has 7 nitrogen and oxygen atoms in total. The van der Waals surface area contributed by atoms with Gasteiger partial charge in [0.05, 0.1) is 6.61 Å². The molecular weight excluding hydrogens is 252 g/mol. The lowest BCUT2D eigenvalue weighted by molar-refractivity contribution is -0.478. The Balaban J connectivity index is 2.86. The molecule has 100 valence electrons. The van der Waals surface area contributed by atoms with Gasteiger partial charge < -0.3 is 15.1 Å². The topological polar surface area (TPSA) is 94.7 Å². The summed E-state index contributed by atoms with van der Waals surface area (Å²) in [6.45, 7) is 3.40. The molecule has 2 rings (SSSR count). The van der Waals surface area contributed by atoms with Crippen molar-refractivity contribution >= 4 is 17.0 Å². The number of aromatic nitrogens is 2. The van der Waals surface area contributed by atoms with Crippen molar-refractivity contribution in [1.82, 2.24) is 4.73 Å². The maximum atomic E-state index is 11.9. The Morgan fingerprint density at radius 2 is 2.16 bits per heavy atom. The van der Waals surface area contributed by atoms with E-state index >= 15 is 0 Å². The molecule has 0 unspecified atom stereocenters. The van der Waals surface area contributed by atoms with Gasteiger partial charge in [0.25, 0.3) is 11.2 Å². The summed E-state index contributed by atoms with van der Waals surface area (Å²) in [6.07, 6.45) is 0. The highest BCUT2D eigenvalue weighted by molar-refractivity contribution is 5.91. The molecule has 0 saturated heterocycles. The van der Waals surface area contributed by atoms with Gasteiger partial charge in [-0.1, -0.05) is 6.07 Å². The van der Waals surface area contributed by atoms with E-state index in [0.717, 1.165) is 5.56 Å². The van der Waals surface area contributed by atoms with E-state index in [-0.39, 0.29) is 22.1 Å². The van der Waals surface area contributed by atoms with Crippen molar-refractivity contribution in [2.45, 2.75) is 13.8 Å². The second-order valence-corrected chi connectivity index (χ2v) is 3.99. The predicted molar refractivity (Wildman–Crippen MR) is 64.8 cm³/mol. The van der Waals surface area contributed by atoms with Crippen LogP contribution in [0.15, 0.2) is 18.2 Å². The Morgan fingerprint density at radius 3 is 2.79 bits per heavy atom. The van der Waals surface area contributed by atoms with E-state index in [1.165, 1.54) is 12.1 Å². The summed E-state index contributed by atoms with van der Waals surface area (Å²) in [5.41, 5.74) is 0.334. The van der Waals surface area contributed by atoms with Gasteiger partial charge in [-0.25, -0.2) is 4.79 Å². The van der Waals surface area contributed by atoms with Gasteiger partial charge >= 0.3 is 11.8 Å². The number of ether oxygens (including phenoxy) is 1. The van der Waals surface area contributed by atoms with Gasteiger partial charge in [-0.15, -0.1) is 0 Å². The third-order valence-electron chi connectivity index (χ3n) is 2.66. The van der Waals surface area contributed by atoms with Crippen molar-refractivity contribution < 1.29 is 24.3 Å². The van der Waals surface area contributed by atoms with Crippen LogP contribution in [0.5, 0.6) is 5.88 Å². The molecule has 0 amide bonds. The van der Waals surface area contributed by atoms with E-state index in [4.69, 9.17) is 4.74 Å². The third-order valence-corrected chi connectivity index (χ3v) is 2.66. The average Bonchev–Trinajstić information content (AvgIpc) is 2.36. The number of hydrogen-bond acceptors (Lipinski definition) is 5. The largest absolute Gasteiger partial charge is 0.461 e. The molecule has 2 aromatic rings. The predicted octanol–water partition coefficient (Wildman–Crippen LogP) is 0.984. The smallest absolute Gasteiger partial charge is 0.456 e. The molecular formula is C12H13N2O5+. The quantitative estimate of drug-likeness (QED) is 0.479.